The van der Waals surface area contributed by atoms with Crippen LogP contribution in [0.2, 0.25) is 0 Å². The first-order chi connectivity index (χ1) is 68.1. The second kappa shape index (κ2) is 52.9. The molecule has 1 aliphatic rings. The Morgan fingerprint density at radius 3 is 1.31 bits per heavy atom. The molecule has 0 spiro atoms. The van der Waals surface area contributed by atoms with E-state index in [4.69, 9.17) is 47.4 Å². The number of H-pyrrole nitrogens is 1. The lowest BCUT2D eigenvalue weighted by Gasteiger charge is -2.26. The number of aromatic amines is 1. The summed E-state index contributed by atoms with van der Waals surface area (Å²) >= 11 is 0. The van der Waals surface area contributed by atoms with Crippen LogP contribution in [-0.4, -0.2) is 183 Å². The summed E-state index contributed by atoms with van der Waals surface area (Å²) in [6, 6.07) is 34.7. The average Bonchev–Trinajstić information content (AvgIpc) is 1.69. The van der Waals surface area contributed by atoms with Gasteiger partial charge in [-0.2, -0.15) is 38.7 Å². The van der Waals surface area contributed by atoms with Gasteiger partial charge in [0.05, 0.1) is 114 Å². The standard InChI is InChI=1S/C25H31N5O3.C20H22N4O4.C20H22N4O2.C19H17F3N4O2.C19H20N4O2.CH4/c1-19(2)30-22(8-10-28-30)25-20(7-6-9-26-25)18-33-23-16-27-24(15-21(23)17-31)32-14-13-29-11-4-3-5-12-29;1-3-24-17(6-8-23-24)20-15(5-4-7-21-20)14-28-18-12-22-19(11-16(18)13-25)27-10-9-26-2;1-5-15-10-18(25-4)22-12-17(15)26-13-16-8-7-9-21-19(16)20-14(3)11-23-24(20)6-2;1-3-13-9-17(27-2)24-10-16(13)28-11-14-5-4-7-23-18(14)15-6-8-26(25-15)12-19(20,21)22;1-4-14-10-18(24)21-11-17(14)25-12-15-6-5-8-20-19(15)16-7-9-22-23(16)13(2)3;/h6-10,15-17,19H,3-5,11-14,18H2,1-2H3;4-8,11-13H,3,9-10,14H2,1-2H3;5,7-12H,1,6,13H2,2-4H3;3-10H,1,11-12H2,2H3;4-11,13H,1,12H2,2-3H3,(H,21,24);1H4. The van der Waals surface area contributed by atoms with Crippen molar-refractivity contribution in [1.82, 2.24) is 104 Å². The van der Waals surface area contributed by atoms with E-state index < -0.39 is 12.7 Å². The minimum absolute atomic E-state index is 0. The van der Waals surface area contributed by atoms with E-state index in [1.54, 1.807) is 137 Å². The van der Waals surface area contributed by atoms with Gasteiger partial charge in [0.15, 0.2) is 12.6 Å². The minimum Gasteiger partial charge on any atom is -0.487 e. The Balaban J connectivity index is 0.000000169. The van der Waals surface area contributed by atoms with Gasteiger partial charge in [-0.25, -0.2) is 19.9 Å². The van der Waals surface area contributed by atoms with E-state index >= 15 is 0 Å². The number of likely N-dealkylation sites (tertiary alicyclic amines) is 1. The van der Waals surface area contributed by atoms with Crippen molar-refractivity contribution in [3.63, 3.8) is 0 Å². The lowest BCUT2D eigenvalue weighted by Crippen LogP contribution is -2.33. The number of piperidine rings is 1. The van der Waals surface area contributed by atoms with Gasteiger partial charge in [0.1, 0.15) is 87.2 Å². The topological polar surface area (TPSA) is 368 Å². The highest BCUT2D eigenvalue weighted by Gasteiger charge is 2.29. The third kappa shape index (κ3) is 29.2. The van der Waals surface area contributed by atoms with Gasteiger partial charge in [-0.3, -0.25) is 67.6 Å². The van der Waals surface area contributed by atoms with E-state index in [1.165, 1.54) is 57.1 Å². The lowest BCUT2D eigenvalue weighted by atomic mass is 10.1. The van der Waals surface area contributed by atoms with Gasteiger partial charge in [-0.1, -0.05) is 82.1 Å². The van der Waals surface area contributed by atoms with Crippen molar-refractivity contribution < 1.29 is 70.1 Å². The zero-order valence-corrected chi connectivity index (χ0v) is 79.7. The quantitative estimate of drug-likeness (QED) is 0.0275. The summed E-state index contributed by atoms with van der Waals surface area (Å²) in [5.41, 5.74) is 16.1. The molecule has 0 atom stereocenters. The molecule has 1 N–H and O–H groups in total. The number of carbonyl (C=O) groups excluding carboxylic acids is 2. The molecule has 16 heterocycles. The van der Waals surface area contributed by atoms with E-state index in [0.29, 0.717) is 125 Å². The van der Waals surface area contributed by atoms with Crippen molar-refractivity contribution in [2.75, 3.05) is 60.8 Å². The summed E-state index contributed by atoms with van der Waals surface area (Å²) in [6.07, 6.45) is 30.6. The van der Waals surface area contributed by atoms with Crippen LogP contribution in [0.5, 0.6) is 52.3 Å². The summed E-state index contributed by atoms with van der Waals surface area (Å²) in [7, 11) is 4.68. The number of methoxy groups -OCH3 is 3. The molecule has 1 saturated heterocycles. The number of aryl methyl sites for hydroxylation is 3. The maximum atomic E-state index is 12.5. The van der Waals surface area contributed by atoms with Crippen LogP contribution < -0.4 is 48.2 Å². The molecule has 0 aliphatic carbocycles. The summed E-state index contributed by atoms with van der Waals surface area (Å²) < 4.78 is 102. The number of aldehydes is 2. The minimum atomic E-state index is -4.35. The van der Waals surface area contributed by atoms with Gasteiger partial charge in [0, 0.05) is 176 Å². The van der Waals surface area contributed by atoms with Crippen LogP contribution in [0.1, 0.15) is 151 Å². The fraction of sp³-hybridized carbons (Fsp3) is 0.298. The molecular weight excluding hydrogens is 1810 g/mol. The molecule has 16 rings (SSSR count). The number of carbonyl (C=O) groups is 2. The Morgan fingerprint density at radius 1 is 0.447 bits per heavy atom. The second-order valence-electron chi connectivity index (χ2n) is 31.8. The van der Waals surface area contributed by atoms with Crippen molar-refractivity contribution in [2.24, 2.45) is 0 Å². The number of nitrogens with one attached hydrogen (secondary N) is 1. The first-order valence-corrected chi connectivity index (χ1v) is 45.2. The first kappa shape index (κ1) is 105. The molecule has 0 bridgehead atoms. The van der Waals surface area contributed by atoms with Crippen molar-refractivity contribution in [2.45, 2.75) is 146 Å². The number of hydrogen-bond acceptors (Lipinski definition) is 28. The smallest absolute Gasteiger partial charge is 0.408 e. The van der Waals surface area contributed by atoms with Gasteiger partial charge in [0.2, 0.25) is 29.1 Å². The fourth-order valence-corrected chi connectivity index (χ4v) is 14.7. The normalized spacial score (nSPS) is 11.6. The molecule has 0 amide bonds. The summed E-state index contributed by atoms with van der Waals surface area (Å²) in [5, 5.41) is 21.5. The third-order valence-electron chi connectivity index (χ3n) is 21.6. The molecule has 1 aliphatic heterocycles. The highest BCUT2D eigenvalue weighted by atomic mass is 19.4. The van der Waals surface area contributed by atoms with Gasteiger partial charge in [-0.05, 0) is 135 Å². The Morgan fingerprint density at radius 2 is 0.858 bits per heavy atom. The van der Waals surface area contributed by atoms with Crippen LogP contribution in [0.15, 0.2) is 233 Å². The maximum Gasteiger partial charge on any atom is 0.408 e. The van der Waals surface area contributed by atoms with Crippen LogP contribution >= 0.6 is 0 Å². The number of halogens is 3. The molecule has 736 valence electrons. The monoisotopic (exact) mass is 1920 g/mol. The highest BCUT2D eigenvalue weighted by molar-refractivity contribution is 5.80. The van der Waals surface area contributed by atoms with Crippen LogP contribution in [0.4, 0.5) is 13.2 Å². The molecule has 0 radical (unpaired) electrons. The number of nitrogens with zero attached hydrogens (tertiary/aromatic N) is 20. The average molecular weight is 1930 g/mol. The van der Waals surface area contributed by atoms with E-state index in [0.717, 1.165) is 129 Å². The Kier molecular flexibility index (Phi) is 39.5. The maximum absolute atomic E-state index is 12.5. The summed E-state index contributed by atoms with van der Waals surface area (Å²) in [6.45, 7) is 31.8. The zero-order valence-electron chi connectivity index (χ0n) is 79.7. The van der Waals surface area contributed by atoms with Crippen LogP contribution in [0.25, 0.3) is 75.2 Å². The summed E-state index contributed by atoms with van der Waals surface area (Å²) in [5.74, 6) is 4.25. The van der Waals surface area contributed by atoms with Crippen LogP contribution in [-0.2, 0) is 57.4 Å². The number of alkyl halides is 3. The number of hydrogen-bond donors (Lipinski definition) is 1. The molecule has 0 aromatic carbocycles. The predicted molar refractivity (Wildman–Crippen MR) is 530 cm³/mol. The Hall–Kier alpha value is -16.2. The van der Waals surface area contributed by atoms with Crippen LogP contribution in [0, 0.1) is 6.92 Å². The predicted octanol–water partition coefficient (Wildman–Crippen LogP) is 19.1. The SMILES string of the molecule is C.C=Cc1cc(=O)[nH]cc1OCc1cccnc1-c1ccnn1C(C)C.C=Cc1cc(OC)ncc1OCc1cccnc1-c1c(C)cnn1CC.C=Cc1cc(OC)ncc1OCc1cccnc1-c1ccn(CC(F)(F)F)n1.CC(C)n1nccc1-c1ncccc1COc1cnc(OCCN2CCCCC2)cc1C=O.CCn1nccc1-c1ncccc1COc1cnc(OCCOC)cc1C=O. The molecule has 141 heavy (non-hydrogen) atoms. The zero-order chi connectivity index (χ0) is 99.3. The molecule has 0 saturated carbocycles. The van der Waals surface area contributed by atoms with E-state index in [1.807, 2.05) is 106 Å². The molecule has 34 nitrogen and oxygen atoms in total. The molecule has 15 aromatic heterocycles. The number of pyridine rings is 10. The fourth-order valence-electron chi connectivity index (χ4n) is 14.7. The molecule has 15 aromatic rings. The van der Waals surface area contributed by atoms with E-state index in [2.05, 4.69) is 135 Å². The molecule has 37 heteroatoms. The number of ether oxygens (including phenoxy) is 10. The van der Waals surface area contributed by atoms with Crippen molar-refractivity contribution >= 4 is 30.8 Å². The molecular formula is C104H116F3N21O13. The van der Waals surface area contributed by atoms with Gasteiger partial charge in [-0.15, -0.1) is 0 Å². The highest BCUT2D eigenvalue weighted by Crippen LogP contribution is 2.35. The summed E-state index contributed by atoms with van der Waals surface area (Å²) in [4.78, 5) is 78.8. The van der Waals surface area contributed by atoms with Gasteiger partial charge >= 0.3 is 6.18 Å². The van der Waals surface area contributed by atoms with E-state index in [9.17, 15) is 27.6 Å². The lowest BCUT2D eigenvalue weighted by molar-refractivity contribution is -0.142. The number of rotatable bonds is 40. The largest absolute Gasteiger partial charge is 0.487 e. The van der Waals surface area contributed by atoms with Crippen LogP contribution in [0.3, 0.4) is 0 Å². The van der Waals surface area contributed by atoms with E-state index in [-0.39, 0.29) is 44.9 Å². The van der Waals surface area contributed by atoms with Crippen molar-refractivity contribution in [3.8, 4) is 109 Å². The number of aromatic nitrogens is 20. The third-order valence-corrected chi connectivity index (χ3v) is 21.6. The van der Waals surface area contributed by atoms with Crippen molar-refractivity contribution in [3.05, 3.63) is 300 Å². The Labute approximate surface area is 816 Å². The van der Waals surface area contributed by atoms with Gasteiger partial charge < -0.3 is 52.4 Å². The first-order valence-electron chi connectivity index (χ1n) is 45.2. The van der Waals surface area contributed by atoms with Crippen molar-refractivity contribution in [1.29, 1.82) is 0 Å². The van der Waals surface area contributed by atoms with Gasteiger partial charge in [0.25, 0.3) is 0 Å². The second-order valence-corrected chi connectivity index (χ2v) is 31.8. The molecule has 1 fully saturated rings. The molecule has 0 unspecified atom stereocenters. The Bertz CT molecular complexity index is 6640.